The number of aromatic nitrogens is 2. The van der Waals surface area contributed by atoms with Crippen LogP contribution >= 0.6 is 49.9 Å². The molecule has 0 saturated heterocycles. The van der Waals surface area contributed by atoms with Gasteiger partial charge in [0.15, 0.2) is 0 Å². The van der Waals surface area contributed by atoms with Crippen molar-refractivity contribution in [1.29, 1.82) is 0 Å². The number of rotatable bonds is 3. The van der Waals surface area contributed by atoms with Gasteiger partial charge in [-0.1, -0.05) is 13.8 Å². The number of methoxy groups -OCH3 is 1. The molecule has 3 aromatic rings. The van der Waals surface area contributed by atoms with Gasteiger partial charge in [-0.3, -0.25) is 0 Å². The number of hydrogen-bond donors (Lipinski definition) is 0. The van der Waals surface area contributed by atoms with E-state index in [1.807, 2.05) is 12.1 Å². The summed E-state index contributed by atoms with van der Waals surface area (Å²) < 4.78 is 7.41. The zero-order valence-electron chi connectivity index (χ0n) is 12.4. The standard InChI is InChI=1S/C16H14BrIN2OS/c1-8(2)12-7-22-16(20-12)11-6-10(18)9-4-5-13(21-3)14(17)15(9)19-11/h4-8H,1-3H3. The maximum Gasteiger partial charge on any atom is 0.142 e. The van der Waals surface area contributed by atoms with Gasteiger partial charge in [0.25, 0.3) is 0 Å². The van der Waals surface area contributed by atoms with Crippen LogP contribution in [0, 0.1) is 3.57 Å². The van der Waals surface area contributed by atoms with Crippen molar-refractivity contribution in [1.82, 2.24) is 9.97 Å². The third kappa shape index (κ3) is 2.88. The minimum atomic E-state index is 0.427. The van der Waals surface area contributed by atoms with Crippen LogP contribution in [0.3, 0.4) is 0 Å². The van der Waals surface area contributed by atoms with Crippen molar-refractivity contribution in [2.75, 3.05) is 7.11 Å². The van der Waals surface area contributed by atoms with E-state index in [4.69, 9.17) is 14.7 Å². The molecule has 0 atom stereocenters. The Balaban J connectivity index is 2.20. The second-order valence-electron chi connectivity index (χ2n) is 5.20. The largest absolute Gasteiger partial charge is 0.495 e. The first-order valence-corrected chi connectivity index (χ1v) is 9.55. The van der Waals surface area contributed by atoms with Crippen LogP contribution in [0.2, 0.25) is 0 Å². The molecule has 3 rings (SSSR count). The normalized spacial score (nSPS) is 11.4. The van der Waals surface area contributed by atoms with Crippen molar-refractivity contribution in [2.45, 2.75) is 19.8 Å². The Morgan fingerprint density at radius 3 is 2.68 bits per heavy atom. The number of pyridine rings is 1. The Bertz CT molecular complexity index is 848. The Kier molecular flexibility index (Phi) is 4.70. The number of nitrogens with zero attached hydrogens (tertiary/aromatic N) is 2. The number of hydrogen-bond acceptors (Lipinski definition) is 4. The first-order chi connectivity index (χ1) is 10.5. The van der Waals surface area contributed by atoms with E-state index >= 15 is 0 Å². The third-order valence-electron chi connectivity index (χ3n) is 3.39. The van der Waals surface area contributed by atoms with E-state index in [2.05, 4.69) is 63.8 Å². The first-order valence-electron chi connectivity index (χ1n) is 6.79. The van der Waals surface area contributed by atoms with E-state index in [1.54, 1.807) is 18.4 Å². The van der Waals surface area contributed by atoms with E-state index < -0.39 is 0 Å². The molecule has 22 heavy (non-hydrogen) atoms. The maximum absolute atomic E-state index is 5.37. The molecule has 3 nitrogen and oxygen atoms in total. The number of fused-ring (bicyclic) bond motifs is 1. The summed E-state index contributed by atoms with van der Waals surface area (Å²) in [6.07, 6.45) is 0. The van der Waals surface area contributed by atoms with E-state index in [-0.39, 0.29) is 0 Å². The van der Waals surface area contributed by atoms with Crippen molar-refractivity contribution in [3.8, 4) is 16.5 Å². The summed E-state index contributed by atoms with van der Waals surface area (Å²) >= 11 is 7.59. The molecule has 0 aliphatic carbocycles. The van der Waals surface area contributed by atoms with Gasteiger partial charge in [0.2, 0.25) is 0 Å². The molecule has 0 N–H and O–H groups in total. The van der Waals surface area contributed by atoms with Crippen LogP contribution in [-0.4, -0.2) is 17.1 Å². The number of thiazole rings is 1. The van der Waals surface area contributed by atoms with E-state index in [0.29, 0.717) is 5.92 Å². The minimum Gasteiger partial charge on any atom is -0.495 e. The van der Waals surface area contributed by atoms with Gasteiger partial charge in [-0.15, -0.1) is 11.3 Å². The van der Waals surface area contributed by atoms with Gasteiger partial charge >= 0.3 is 0 Å². The fourth-order valence-corrected chi connectivity index (χ4v) is 4.40. The van der Waals surface area contributed by atoms with Crippen molar-refractivity contribution in [3.05, 3.63) is 37.3 Å². The molecule has 0 radical (unpaired) electrons. The summed E-state index contributed by atoms with van der Waals surface area (Å²) in [6.45, 7) is 4.30. The molecule has 0 amide bonds. The monoisotopic (exact) mass is 488 g/mol. The molecule has 0 aliphatic rings. The van der Waals surface area contributed by atoms with Crippen LogP contribution < -0.4 is 4.74 Å². The molecule has 0 aliphatic heterocycles. The SMILES string of the molecule is COc1ccc2c(I)cc(-c3nc(C(C)C)cs3)nc2c1Br. The topological polar surface area (TPSA) is 35.0 Å². The molecule has 6 heteroatoms. The maximum atomic E-state index is 5.37. The van der Waals surface area contributed by atoms with Gasteiger partial charge in [0.05, 0.1) is 22.8 Å². The molecule has 0 spiro atoms. The Morgan fingerprint density at radius 2 is 2.05 bits per heavy atom. The minimum absolute atomic E-state index is 0.427. The highest BCUT2D eigenvalue weighted by molar-refractivity contribution is 14.1. The fraction of sp³-hybridized carbons (Fsp3) is 0.250. The van der Waals surface area contributed by atoms with Gasteiger partial charge in [0, 0.05) is 14.3 Å². The summed E-state index contributed by atoms with van der Waals surface area (Å²) in [7, 11) is 1.66. The summed E-state index contributed by atoms with van der Waals surface area (Å²) in [5, 5.41) is 4.18. The van der Waals surface area contributed by atoms with Crippen LogP contribution in [-0.2, 0) is 0 Å². The van der Waals surface area contributed by atoms with Gasteiger partial charge in [-0.25, -0.2) is 9.97 Å². The van der Waals surface area contributed by atoms with E-state index in [9.17, 15) is 0 Å². The molecule has 2 aromatic heterocycles. The van der Waals surface area contributed by atoms with Crippen molar-refractivity contribution in [3.63, 3.8) is 0 Å². The van der Waals surface area contributed by atoms with Gasteiger partial charge < -0.3 is 4.74 Å². The van der Waals surface area contributed by atoms with Crippen LogP contribution in [0.4, 0.5) is 0 Å². The lowest BCUT2D eigenvalue weighted by Gasteiger charge is -2.09. The second-order valence-corrected chi connectivity index (χ2v) is 8.01. The van der Waals surface area contributed by atoms with Gasteiger partial charge in [0.1, 0.15) is 16.5 Å². The zero-order valence-corrected chi connectivity index (χ0v) is 16.9. The fourth-order valence-electron chi connectivity index (χ4n) is 2.13. The molecular formula is C16H14BrIN2OS. The summed E-state index contributed by atoms with van der Waals surface area (Å²) in [5.41, 5.74) is 2.92. The van der Waals surface area contributed by atoms with Crippen LogP contribution in [0.25, 0.3) is 21.6 Å². The van der Waals surface area contributed by atoms with Crippen LogP contribution in [0.5, 0.6) is 5.75 Å². The Labute approximate surface area is 155 Å². The molecule has 0 saturated carbocycles. The number of ether oxygens (including phenoxy) is 1. The summed E-state index contributed by atoms with van der Waals surface area (Å²) in [6, 6.07) is 6.08. The highest BCUT2D eigenvalue weighted by Crippen LogP contribution is 2.36. The second kappa shape index (κ2) is 6.41. The predicted molar refractivity (Wildman–Crippen MR) is 104 cm³/mol. The van der Waals surface area contributed by atoms with Crippen LogP contribution in [0.15, 0.2) is 28.1 Å². The highest BCUT2D eigenvalue weighted by Gasteiger charge is 2.14. The van der Waals surface area contributed by atoms with Crippen molar-refractivity contribution in [2.24, 2.45) is 0 Å². The van der Waals surface area contributed by atoms with Crippen molar-refractivity contribution >= 4 is 60.8 Å². The average molecular weight is 489 g/mol. The lowest BCUT2D eigenvalue weighted by molar-refractivity contribution is 0.413. The third-order valence-corrected chi connectivity index (χ3v) is 5.93. The molecule has 2 heterocycles. The lowest BCUT2D eigenvalue weighted by atomic mass is 10.1. The van der Waals surface area contributed by atoms with Crippen LogP contribution in [0.1, 0.15) is 25.5 Å². The smallest absolute Gasteiger partial charge is 0.142 e. The molecule has 0 fully saturated rings. The average Bonchev–Trinajstić information content (AvgIpc) is 2.98. The quantitative estimate of drug-likeness (QED) is 0.433. The van der Waals surface area contributed by atoms with E-state index in [1.165, 1.54) is 0 Å². The number of benzene rings is 1. The van der Waals surface area contributed by atoms with E-state index in [0.717, 1.165) is 41.1 Å². The summed E-state index contributed by atoms with van der Waals surface area (Å²) in [5.74, 6) is 1.21. The number of halogens is 2. The molecule has 0 bridgehead atoms. The lowest BCUT2D eigenvalue weighted by Crippen LogP contribution is -1.93. The highest BCUT2D eigenvalue weighted by atomic mass is 127. The van der Waals surface area contributed by atoms with Crippen molar-refractivity contribution < 1.29 is 4.74 Å². The van der Waals surface area contributed by atoms with Gasteiger partial charge in [-0.2, -0.15) is 0 Å². The Hall–Kier alpha value is -0.730. The molecular weight excluding hydrogens is 475 g/mol. The Morgan fingerprint density at radius 1 is 1.27 bits per heavy atom. The molecule has 114 valence electrons. The first kappa shape index (κ1) is 16.1. The molecule has 0 unspecified atom stereocenters. The predicted octanol–water partition coefficient (Wildman–Crippen LogP) is 5.86. The molecule has 1 aromatic carbocycles. The van der Waals surface area contributed by atoms with Gasteiger partial charge in [-0.05, 0) is 62.6 Å². The zero-order chi connectivity index (χ0) is 15.9. The summed E-state index contributed by atoms with van der Waals surface area (Å²) in [4.78, 5) is 9.51.